The van der Waals surface area contributed by atoms with Crippen LogP contribution in [0.4, 0.5) is 0 Å². The normalized spacial score (nSPS) is 24.9. The number of aryl methyl sites for hydroxylation is 2. The van der Waals surface area contributed by atoms with Gasteiger partial charge in [-0.15, -0.1) is 11.6 Å². The maximum atomic E-state index is 6.13. The summed E-state index contributed by atoms with van der Waals surface area (Å²) in [4.78, 5) is 2.47. The molecule has 1 aromatic rings. The molecule has 1 heterocycles. The SMILES string of the molecule is ClC1CCN(Cc2ccc3c(c2)CCC3)C1. The van der Waals surface area contributed by atoms with E-state index in [4.69, 9.17) is 11.6 Å². The van der Waals surface area contributed by atoms with Gasteiger partial charge in [-0.2, -0.15) is 0 Å². The summed E-state index contributed by atoms with van der Waals surface area (Å²) in [6.07, 6.45) is 5.04. The van der Waals surface area contributed by atoms with Gasteiger partial charge in [0.1, 0.15) is 0 Å². The first-order valence-electron chi connectivity index (χ1n) is 6.28. The molecule has 2 heteroatoms. The van der Waals surface area contributed by atoms with Crippen LogP contribution < -0.4 is 0 Å². The monoisotopic (exact) mass is 235 g/mol. The number of alkyl halides is 1. The zero-order valence-electron chi connectivity index (χ0n) is 9.58. The van der Waals surface area contributed by atoms with E-state index in [2.05, 4.69) is 23.1 Å². The van der Waals surface area contributed by atoms with Crippen molar-refractivity contribution in [3.63, 3.8) is 0 Å². The molecule has 1 aromatic carbocycles. The third-order valence-corrected chi connectivity index (χ3v) is 4.14. The molecule has 1 atom stereocenters. The zero-order valence-corrected chi connectivity index (χ0v) is 10.3. The molecule has 3 rings (SSSR count). The van der Waals surface area contributed by atoms with Gasteiger partial charge < -0.3 is 0 Å². The van der Waals surface area contributed by atoms with Gasteiger partial charge in [-0.1, -0.05) is 18.2 Å². The zero-order chi connectivity index (χ0) is 11.0. The number of likely N-dealkylation sites (tertiary alicyclic amines) is 1. The van der Waals surface area contributed by atoms with E-state index in [-0.39, 0.29) is 0 Å². The number of nitrogens with zero attached hydrogens (tertiary/aromatic N) is 1. The first-order valence-corrected chi connectivity index (χ1v) is 6.72. The Morgan fingerprint density at radius 2 is 2.12 bits per heavy atom. The maximum Gasteiger partial charge on any atom is 0.0475 e. The first kappa shape index (κ1) is 10.6. The van der Waals surface area contributed by atoms with Crippen molar-refractivity contribution in [1.29, 1.82) is 0 Å². The van der Waals surface area contributed by atoms with E-state index in [0.717, 1.165) is 26.1 Å². The van der Waals surface area contributed by atoms with Gasteiger partial charge in [-0.25, -0.2) is 0 Å². The number of benzene rings is 1. The molecule has 1 unspecified atom stereocenters. The van der Waals surface area contributed by atoms with Crippen molar-refractivity contribution in [2.45, 2.75) is 37.6 Å². The van der Waals surface area contributed by atoms with Gasteiger partial charge in [0, 0.05) is 18.5 Å². The molecule has 1 aliphatic carbocycles. The topological polar surface area (TPSA) is 3.24 Å². The highest BCUT2D eigenvalue weighted by molar-refractivity contribution is 6.20. The van der Waals surface area contributed by atoms with E-state index in [1.54, 1.807) is 11.1 Å². The Morgan fingerprint density at radius 1 is 1.25 bits per heavy atom. The minimum absolute atomic E-state index is 0.370. The van der Waals surface area contributed by atoms with Crippen molar-refractivity contribution >= 4 is 11.6 Å². The van der Waals surface area contributed by atoms with Gasteiger partial charge in [0.05, 0.1) is 0 Å². The average Bonchev–Trinajstić information content (AvgIpc) is 2.87. The second-order valence-corrected chi connectivity index (χ2v) is 5.69. The van der Waals surface area contributed by atoms with Crippen LogP contribution >= 0.6 is 11.6 Å². The van der Waals surface area contributed by atoms with Gasteiger partial charge in [-0.3, -0.25) is 4.90 Å². The van der Waals surface area contributed by atoms with Crippen molar-refractivity contribution < 1.29 is 0 Å². The minimum atomic E-state index is 0.370. The summed E-state index contributed by atoms with van der Waals surface area (Å²) >= 11 is 6.13. The Hall–Kier alpha value is -0.530. The van der Waals surface area contributed by atoms with Crippen LogP contribution in [0.25, 0.3) is 0 Å². The molecule has 1 aliphatic heterocycles. The number of halogens is 1. The van der Waals surface area contributed by atoms with Crippen molar-refractivity contribution in [1.82, 2.24) is 4.90 Å². The van der Waals surface area contributed by atoms with Crippen LogP contribution in [0.5, 0.6) is 0 Å². The van der Waals surface area contributed by atoms with E-state index in [9.17, 15) is 0 Å². The molecule has 0 saturated carbocycles. The molecule has 0 spiro atoms. The maximum absolute atomic E-state index is 6.13. The van der Waals surface area contributed by atoms with Gasteiger partial charge in [0.15, 0.2) is 0 Å². The molecule has 0 radical (unpaired) electrons. The highest BCUT2D eigenvalue weighted by atomic mass is 35.5. The van der Waals surface area contributed by atoms with Crippen molar-refractivity contribution in [3.8, 4) is 0 Å². The number of fused-ring (bicyclic) bond motifs is 1. The fourth-order valence-corrected chi connectivity index (χ4v) is 3.20. The third-order valence-electron chi connectivity index (χ3n) is 3.78. The molecule has 0 bridgehead atoms. The molecule has 1 saturated heterocycles. The minimum Gasteiger partial charge on any atom is -0.298 e. The summed E-state index contributed by atoms with van der Waals surface area (Å²) in [7, 11) is 0. The summed E-state index contributed by atoms with van der Waals surface area (Å²) in [6.45, 7) is 3.29. The molecule has 86 valence electrons. The molecular weight excluding hydrogens is 218 g/mol. The molecule has 0 amide bonds. The van der Waals surface area contributed by atoms with Crippen LogP contribution in [0, 0.1) is 0 Å². The van der Waals surface area contributed by atoms with Crippen molar-refractivity contribution in [2.75, 3.05) is 13.1 Å². The molecule has 1 nitrogen and oxygen atoms in total. The summed E-state index contributed by atoms with van der Waals surface area (Å²) in [5, 5.41) is 0.370. The van der Waals surface area contributed by atoms with Gasteiger partial charge in [0.25, 0.3) is 0 Å². The molecule has 16 heavy (non-hydrogen) atoms. The number of hydrogen-bond acceptors (Lipinski definition) is 1. The van der Waals surface area contributed by atoms with E-state index in [1.807, 2.05) is 0 Å². The summed E-state index contributed by atoms with van der Waals surface area (Å²) in [6, 6.07) is 7.03. The molecular formula is C14H18ClN. The van der Waals surface area contributed by atoms with E-state index < -0.39 is 0 Å². The van der Waals surface area contributed by atoms with Crippen LogP contribution in [0.2, 0.25) is 0 Å². The van der Waals surface area contributed by atoms with Crippen LogP contribution in [-0.2, 0) is 19.4 Å². The second-order valence-electron chi connectivity index (χ2n) is 5.08. The van der Waals surface area contributed by atoms with E-state index in [1.165, 1.54) is 24.8 Å². The summed E-state index contributed by atoms with van der Waals surface area (Å²) in [5.41, 5.74) is 4.62. The van der Waals surface area contributed by atoms with Crippen molar-refractivity contribution in [3.05, 3.63) is 34.9 Å². The van der Waals surface area contributed by atoms with Gasteiger partial charge in [0.2, 0.25) is 0 Å². The lowest BCUT2D eigenvalue weighted by Crippen LogP contribution is -2.20. The molecule has 0 N–H and O–H groups in total. The van der Waals surface area contributed by atoms with Gasteiger partial charge in [-0.05, 0) is 48.9 Å². The second kappa shape index (κ2) is 4.38. The standard InChI is InChI=1S/C14H18ClN/c15-14-6-7-16(10-14)9-11-4-5-12-2-1-3-13(12)8-11/h4-5,8,14H,1-3,6-7,9-10H2. The van der Waals surface area contributed by atoms with Crippen LogP contribution in [0.1, 0.15) is 29.5 Å². The largest absolute Gasteiger partial charge is 0.298 e. The fraction of sp³-hybridized carbons (Fsp3) is 0.571. The Bertz CT molecular complexity index is 388. The van der Waals surface area contributed by atoms with Crippen LogP contribution in [0.15, 0.2) is 18.2 Å². The van der Waals surface area contributed by atoms with E-state index in [0.29, 0.717) is 5.38 Å². The first-order chi connectivity index (χ1) is 7.81. The summed E-state index contributed by atoms with van der Waals surface area (Å²) < 4.78 is 0. The lowest BCUT2D eigenvalue weighted by Gasteiger charge is -2.15. The lowest BCUT2D eigenvalue weighted by molar-refractivity contribution is 0.332. The Labute approximate surface area is 102 Å². The highest BCUT2D eigenvalue weighted by Gasteiger charge is 2.20. The molecule has 1 fully saturated rings. The Morgan fingerprint density at radius 3 is 2.94 bits per heavy atom. The summed E-state index contributed by atoms with van der Waals surface area (Å²) in [5.74, 6) is 0. The smallest absolute Gasteiger partial charge is 0.0475 e. The Balaban J connectivity index is 1.71. The lowest BCUT2D eigenvalue weighted by atomic mass is 10.1. The molecule has 2 aliphatic rings. The fourth-order valence-electron chi connectivity index (χ4n) is 2.91. The third kappa shape index (κ3) is 2.11. The van der Waals surface area contributed by atoms with Crippen LogP contribution in [0.3, 0.4) is 0 Å². The number of hydrogen-bond donors (Lipinski definition) is 0. The predicted molar refractivity (Wildman–Crippen MR) is 68.0 cm³/mol. The van der Waals surface area contributed by atoms with Crippen LogP contribution in [-0.4, -0.2) is 23.4 Å². The molecule has 0 aromatic heterocycles. The Kier molecular flexibility index (Phi) is 2.91. The van der Waals surface area contributed by atoms with E-state index >= 15 is 0 Å². The predicted octanol–water partition coefficient (Wildman–Crippen LogP) is 2.99. The average molecular weight is 236 g/mol. The number of rotatable bonds is 2. The highest BCUT2D eigenvalue weighted by Crippen LogP contribution is 2.24. The van der Waals surface area contributed by atoms with Gasteiger partial charge >= 0.3 is 0 Å². The van der Waals surface area contributed by atoms with Crippen molar-refractivity contribution in [2.24, 2.45) is 0 Å². The quantitative estimate of drug-likeness (QED) is 0.713.